The fourth-order valence-electron chi connectivity index (χ4n) is 0.981. The van der Waals surface area contributed by atoms with Crippen molar-refractivity contribution in [3.8, 4) is 0 Å². The minimum Gasteiger partial charge on any atom is -0.327 e. The van der Waals surface area contributed by atoms with E-state index < -0.39 is 0 Å². The van der Waals surface area contributed by atoms with Crippen molar-refractivity contribution < 1.29 is 0 Å². The summed E-state index contributed by atoms with van der Waals surface area (Å²) in [4.78, 5) is 0. The number of rotatable bonds is 3. The zero-order valence-corrected chi connectivity index (χ0v) is 7.30. The maximum Gasteiger partial charge on any atom is 0.0168 e. The van der Waals surface area contributed by atoms with Gasteiger partial charge in [0.15, 0.2) is 0 Å². The monoisotopic (exact) mass is 183 g/mol. The van der Waals surface area contributed by atoms with Gasteiger partial charge in [-0.15, -0.1) is 0 Å². The van der Waals surface area contributed by atoms with Crippen molar-refractivity contribution in [1.29, 1.82) is 0 Å². The molecule has 12 heavy (non-hydrogen) atoms. The molecule has 0 fully saturated rings. The summed E-state index contributed by atoms with van der Waals surface area (Å²) in [5.74, 6) is 0.745. The van der Waals surface area contributed by atoms with Crippen molar-refractivity contribution in [2.24, 2.45) is 5.73 Å². The van der Waals surface area contributed by atoms with E-state index in [4.69, 9.17) is 5.73 Å². The molecule has 0 radical (unpaired) electrons. The molecule has 1 aromatic rings. The van der Waals surface area contributed by atoms with Crippen LogP contribution < -0.4 is 5.73 Å². The topological polar surface area (TPSA) is 26.0 Å². The van der Waals surface area contributed by atoms with Gasteiger partial charge in [-0.25, -0.2) is 0 Å². The van der Waals surface area contributed by atoms with E-state index in [0.29, 0.717) is 0 Å². The lowest BCUT2D eigenvalue weighted by Crippen LogP contribution is -2.24. The Labute approximate surface area is 80.4 Å². The van der Waals surface area contributed by atoms with Crippen molar-refractivity contribution in [1.82, 2.24) is 0 Å². The number of benzene rings is 1. The van der Waals surface area contributed by atoms with Gasteiger partial charge in [-0.1, -0.05) is 37.8 Å². The van der Waals surface area contributed by atoms with Gasteiger partial charge in [0.05, 0.1) is 0 Å². The molecule has 0 aliphatic carbocycles. The summed E-state index contributed by atoms with van der Waals surface area (Å²) < 4.78 is 0. The second-order valence-electron chi connectivity index (χ2n) is 2.63. The minimum atomic E-state index is 0. The van der Waals surface area contributed by atoms with Gasteiger partial charge in [0, 0.05) is 11.8 Å². The summed E-state index contributed by atoms with van der Waals surface area (Å²) in [6.45, 7) is 0. The molecule has 2 heteroatoms. The number of nitrogens with two attached hydrogens (primary N) is 1. The van der Waals surface area contributed by atoms with E-state index >= 15 is 0 Å². The van der Waals surface area contributed by atoms with Crippen LogP contribution in [0.2, 0.25) is 0 Å². The SMILES string of the molecule is C.NC(CS)Cc1ccccc1. The zero-order chi connectivity index (χ0) is 8.10. The van der Waals surface area contributed by atoms with Gasteiger partial charge in [0.25, 0.3) is 0 Å². The molecule has 1 aromatic carbocycles. The average Bonchev–Trinajstić information content (AvgIpc) is 2.06. The van der Waals surface area contributed by atoms with Crippen molar-refractivity contribution >= 4 is 12.6 Å². The molecule has 1 atom stereocenters. The Balaban J connectivity index is 0.00000121. The lowest BCUT2D eigenvalue weighted by atomic mass is 10.1. The smallest absolute Gasteiger partial charge is 0.0168 e. The summed E-state index contributed by atoms with van der Waals surface area (Å²) in [6, 6.07) is 10.4. The van der Waals surface area contributed by atoms with Crippen molar-refractivity contribution in [2.45, 2.75) is 19.9 Å². The summed E-state index contributed by atoms with van der Waals surface area (Å²) in [5, 5.41) is 0. The van der Waals surface area contributed by atoms with E-state index in [0.717, 1.165) is 12.2 Å². The number of hydrogen-bond acceptors (Lipinski definition) is 2. The number of thiol groups is 1. The Morgan fingerprint density at radius 3 is 2.33 bits per heavy atom. The molecule has 0 aliphatic rings. The Bertz CT molecular complexity index is 198. The highest BCUT2D eigenvalue weighted by molar-refractivity contribution is 7.80. The predicted molar refractivity (Wildman–Crippen MR) is 58.7 cm³/mol. The quantitative estimate of drug-likeness (QED) is 0.690. The Hall–Kier alpha value is -0.470. The van der Waals surface area contributed by atoms with E-state index in [1.165, 1.54) is 5.56 Å². The van der Waals surface area contributed by atoms with Crippen LogP contribution in [0.5, 0.6) is 0 Å². The van der Waals surface area contributed by atoms with Gasteiger partial charge >= 0.3 is 0 Å². The van der Waals surface area contributed by atoms with Crippen molar-refractivity contribution in [3.63, 3.8) is 0 Å². The maximum atomic E-state index is 5.73. The highest BCUT2D eigenvalue weighted by Gasteiger charge is 1.99. The minimum absolute atomic E-state index is 0. The fraction of sp³-hybridized carbons (Fsp3) is 0.400. The highest BCUT2D eigenvalue weighted by Crippen LogP contribution is 2.01. The van der Waals surface area contributed by atoms with Crippen molar-refractivity contribution in [3.05, 3.63) is 35.9 Å². The molecule has 0 aromatic heterocycles. The second-order valence-corrected chi connectivity index (χ2v) is 3.00. The summed E-state index contributed by atoms with van der Waals surface area (Å²) >= 11 is 4.12. The van der Waals surface area contributed by atoms with E-state index in [9.17, 15) is 0 Å². The zero-order valence-electron chi connectivity index (χ0n) is 6.40. The van der Waals surface area contributed by atoms with Crippen LogP contribution in [0.4, 0.5) is 0 Å². The lowest BCUT2D eigenvalue weighted by molar-refractivity contribution is 0.751. The molecule has 0 amide bonds. The Kier molecular flexibility index (Phi) is 5.85. The van der Waals surface area contributed by atoms with Crippen LogP contribution in [0, 0.1) is 0 Å². The Morgan fingerprint density at radius 2 is 1.83 bits per heavy atom. The van der Waals surface area contributed by atoms with E-state index in [2.05, 4.69) is 24.8 Å². The van der Waals surface area contributed by atoms with E-state index in [1.54, 1.807) is 0 Å². The predicted octanol–water partition coefficient (Wildman–Crippen LogP) is 2.12. The fourth-order valence-corrected chi connectivity index (χ4v) is 1.11. The molecule has 0 heterocycles. The van der Waals surface area contributed by atoms with Gasteiger partial charge in [0.1, 0.15) is 0 Å². The molecule has 0 spiro atoms. The van der Waals surface area contributed by atoms with Crippen LogP contribution in [0.3, 0.4) is 0 Å². The first-order valence-corrected chi connectivity index (χ1v) is 4.36. The van der Waals surface area contributed by atoms with Gasteiger partial charge < -0.3 is 5.73 Å². The molecule has 1 unspecified atom stereocenters. The molecular weight excluding hydrogens is 166 g/mol. The van der Waals surface area contributed by atoms with Crippen LogP contribution in [-0.2, 0) is 6.42 Å². The summed E-state index contributed by atoms with van der Waals surface area (Å²) in [5.41, 5.74) is 7.01. The van der Waals surface area contributed by atoms with Crippen LogP contribution in [0.25, 0.3) is 0 Å². The molecule has 0 saturated heterocycles. The van der Waals surface area contributed by atoms with E-state index in [1.807, 2.05) is 18.2 Å². The van der Waals surface area contributed by atoms with Crippen LogP contribution >= 0.6 is 12.6 Å². The van der Waals surface area contributed by atoms with Gasteiger partial charge in [0.2, 0.25) is 0 Å². The van der Waals surface area contributed by atoms with Gasteiger partial charge in [-0.2, -0.15) is 12.6 Å². The normalized spacial score (nSPS) is 11.8. The van der Waals surface area contributed by atoms with Crippen LogP contribution in [0.1, 0.15) is 13.0 Å². The lowest BCUT2D eigenvalue weighted by Gasteiger charge is -2.06. The van der Waals surface area contributed by atoms with E-state index in [-0.39, 0.29) is 13.5 Å². The maximum absolute atomic E-state index is 5.73. The first-order valence-electron chi connectivity index (χ1n) is 3.73. The summed E-state index contributed by atoms with van der Waals surface area (Å²) in [7, 11) is 0. The molecular formula is C10H17NS. The molecule has 0 bridgehead atoms. The third-order valence-electron chi connectivity index (χ3n) is 1.58. The van der Waals surface area contributed by atoms with Crippen molar-refractivity contribution in [2.75, 3.05) is 5.75 Å². The third-order valence-corrected chi connectivity index (χ3v) is 2.04. The summed E-state index contributed by atoms with van der Waals surface area (Å²) in [6.07, 6.45) is 0.921. The molecule has 68 valence electrons. The first kappa shape index (κ1) is 11.5. The molecule has 0 aliphatic heterocycles. The Morgan fingerprint density at radius 1 is 1.25 bits per heavy atom. The molecule has 1 nitrogen and oxygen atoms in total. The first-order chi connectivity index (χ1) is 5.33. The second kappa shape index (κ2) is 6.09. The molecule has 1 rings (SSSR count). The molecule has 0 saturated carbocycles. The molecule has 2 N–H and O–H groups in total. The van der Waals surface area contributed by atoms with Gasteiger partial charge in [-0.05, 0) is 12.0 Å². The standard InChI is InChI=1S/C9H13NS.CH4/c10-9(7-11)6-8-4-2-1-3-5-8;/h1-5,9,11H,6-7,10H2;1H4. The largest absolute Gasteiger partial charge is 0.327 e. The van der Waals surface area contributed by atoms with Crippen LogP contribution in [0.15, 0.2) is 30.3 Å². The van der Waals surface area contributed by atoms with Gasteiger partial charge in [-0.3, -0.25) is 0 Å². The average molecular weight is 183 g/mol. The third kappa shape index (κ3) is 3.79. The highest BCUT2D eigenvalue weighted by atomic mass is 32.1. The number of hydrogen-bond donors (Lipinski definition) is 2. The van der Waals surface area contributed by atoms with Crippen LogP contribution in [-0.4, -0.2) is 11.8 Å².